The van der Waals surface area contributed by atoms with Crippen LogP contribution < -0.4 is 5.32 Å². The molecule has 0 aliphatic carbocycles. The van der Waals surface area contributed by atoms with Crippen LogP contribution in [-0.4, -0.2) is 26.7 Å². The molecule has 0 saturated carbocycles. The number of carboxylic acids is 1. The highest BCUT2D eigenvalue weighted by Gasteiger charge is 2.25. The molecular formula is C8H11N3O2. The number of nitrogens with zero attached hydrogens (tertiary/aromatic N) is 2. The first-order chi connectivity index (χ1) is 6.18. The van der Waals surface area contributed by atoms with Crippen LogP contribution in [-0.2, 0) is 24.8 Å². The fraction of sp³-hybridized carbons (Fsp3) is 0.500. The smallest absolute Gasteiger partial charge is 0.321 e. The van der Waals surface area contributed by atoms with Crippen LogP contribution in [0.3, 0.4) is 0 Å². The minimum Gasteiger partial charge on any atom is -0.480 e. The summed E-state index contributed by atoms with van der Waals surface area (Å²) in [6, 6.07) is -0.484. The summed E-state index contributed by atoms with van der Waals surface area (Å²) in [6.07, 6.45) is 2.20. The van der Waals surface area contributed by atoms with Gasteiger partial charge in [0.25, 0.3) is 0 Å². The number of aromatic nitrogens is 2. The molecule has 0 amide bonds. The number of aryl methyl sites for hydroxylation is 1. The van der Waals surface area contributed by atoms with Crippen molar-refractivity contribution < 1.29 is 9.90 Å². The molecule has 5 nitrogen and oxygen atoms in total. The van der Waals surface area contributed by atoms with Gasteiger partial charge in [0, 0.05) is 20.0 Å². The molecule has 2 N–H and O–H groups in total. The molecule has 1 aromatic rings. The molecule has 0 bridgehead atoms. The number of imidazole rings is 1. The van der Waals surface area contributed by atoms with E-state index in [1.165, 1.54) is 0 Å². The van der Waals surface area contributed by atoms with Crippen LogP contribution >= 0.6 is 0 Å². The predicted molar refractivity (Wildman–Crippen MR) is 45.2 cm³/mol. The minimum atomic E-state index is -0.809. The lowest BCUT2D eigenvalue weighted by Gasteiger charge is -2.20. The van der Waals surface area contributed by atoms with Gasteiger partial charge in [0.2, 0.25) is 0 Å². The van der Waals surface area contributed by atoms with Gasteiger partial charge in [-0.3, -0.25) is 10.1 Å². The number of aliphatic carboxylic acids is 1. The number of fused-ring (bicyclic) bond motifs is 1. The van der Waals surface area contributed by atoms with Crippen molar-refractivity contribution in [2.45, 2.75) is 19.0 Å². The maximum absolute atomic E-state index is 10.7. The van der Waals surface area contributed by atoms with Crippen LogP contribution in [0.1, 0.15) is 11.4 Å². The molecule has 0 aromatic carbocycles. The SMILES string of the molecule is Cn1cnc2c1CNC(C(=O)O)C2. The second kappa shape index (κ2) is 2.85. The molecule has 1 unspecified atom stereocenters. The van der Waals surface area contributed by atoms with Crippen molar-refractivity contribution in [2.75, 3.05) is 0 Å². The van der Waals surface area contributed by atoms with Crippen molar-refractivity contribution in [1.29, 1.82) is 0 Å². The third kappa shape index (κ3) is 1.31. The predicted octanol–water partition coefficient (Wildman–Crippen LogP) is -0.481. The van der Waals surface area contributed by atoms with Gasteiger partial charge >= 0.3 is 5.97 Å². The molecular weight excluding hydrogens is 170 g/mol. The first-order valence-corrected chi connectivity index (χ1v) is 4.13. The van der Waals surface area contributed by atoms with Gasteiger partial charge in [-0.15, -0.1) is 0 Å². The lowest BCUT2D eigenvalue weighted by molar-refractivity contribution is -0.139. The zero-order valence-electron chi connectivity index (χ0n) is 7.32. The number of rotatable bonds is 1. The van der Waals surface area contributed by atoms with Crippen LogP contribution in [0.4, 0.5) is 0 Å². The summed E-state index contributed by atoms with van der Waals surface area (Å²) in [5, 5.41) is 11.7. The average molecular weight is 181 g/mol. The highest BCUT2D eigenvalue weighted by atomic mass is 16.4. The lowest BCUT2D eigenvalue weighted by atomic mass is 10.1. The number of hydrogen-bond acceptors (Lipinski definition) is 3. The summed E-state index contributed by atoms with van der Waals surface area (Å²) in [5.74, 6) is -0.809. The van der Waals surface area contributed by atoms with E-state index in [1.54, 1.807) is 6.33 Å². The highest BCUT2D eigenvalue weighted by molar-refractivity contribution is 5.74. The summed E-state index contributed by atoms with van der Waals surface area (Å²) in [6.45, 7) is 0.586. The van der Waals surface area contributed by atoms with Gasteiger partial charge in [0.05, 0.1) is 17.7 Å². The van der Waals surface area contributed by atoms with E-state index >= 15 is 0 Å². The third-order valence-electron chi connectivity index (χ3n) is 2.36. The van der Waals surface area contributed by atoms with Gasteiger partial charge in [0.1, 0.15) is 6.04 Å². The summed E-state index contributed by atoms with van der Waals surface area (Å²) < 4.78 is 1.92. The maximum Gasteiger partial charge on any atom is 0.321 e. The Kier molecular flexibility index (Phi) is 1.81. The maximum atomic E-state index is 10.7. The Morgan fingerprint density at radius 2 is 2.62 bits per heavy atom. The van der Waals surface area contributed by atoms with Gasteiger partial charge in [-0.2, -0.15) is 0 Å². The summed E-state index contributed by atoms with van der Waals surface area (Å²) in [4.78, 5) is 14.8. The monoisotopic (exact) mass is 181 g/mol. The third-order valence-corrected chi connectivity index (χ3v) is 2.36. The van der Waals surface area contributed by atoms with Gasteiger partial charge in [-0.25, -0.2) is 4.98 Å². The molecule has 1 atom stereocenters. The lowest BCUT2D eigenvalue weighted by Crippen LogP contribution is -2.42. The Morgan fingerprint density at radius 1 is 1.85 bits per heavy atom. The van der Waals surface area contributed by atoms with E-state index in [-0.39, 0.29) is 0 Å². The molecule has 0 saturated heterocycles. The Balaban J connectivity index is 2.25. The number of nitrogens with one attached hydrogen (secondary N) is 1. The van der Waals surface area contributed by atoms with Crippen LogP contribution in [0.25, 0.3) is 0 Å². The Morgan fingerprint density at radius 3 is 3.31 bits per heavy atom. The van der Waals surface area contributed by atoms with E-state index in [0.29, 0.717) is 13.0 Å². The van der Waals surface area contributed by atoms with Gasteiger partial charge in [-0.1, -0.05) is 0 Å². The largest absolute Gasteiger partial charge is 0.480 e. The van der Waals surface area contributed by atoms with Crippen LogP contribution in [0.5, 0.6) is 0 Å². The normalized spacial score (nSPS) is 21.2. The number of carbonyl (C=O) groups is 1. The van der Waals surface area contributed by atoms with Crippen molar-refractivity contribution in [2.24, 2.45) is 7.05 Å². The molecule has 1 aliphatic rings. The molecule has 0 spiro atoms. The Labute approximate surface area is 75.4 Å². The van der Waals surface area contributed by atoms with E-state index < -0.39 is 12.0 Å². The van der Waals surface area contributed by atoms with Gasteiger partial charge in [-0.05, 0) is 0 Å². The van der Waals surface area contributed by atoms with Crippen molar-refractivity contribution in [3.8, 4) is 0 Å². The fourth-order valence-electron chi connectivity index (χ4n) is 1.56. The van der Waals surface area contributed by atoms with Crippen molar-refractivity contribution >= 4 is 5.97 Å². The van der Waals surface area contributed by atoms with Gasteiger partial charge < -0.3 is 9.67 Å². The van der Waals surface area contributed by atoms with Gasteiger partial charge in [0.15, 0.2) is 0 Å². The van der Waals surface area contributed by atoms with E-state index in [0.717, 1.165) is 11.4 Å². The summed E-state index contributed by atoms with van der Waals surface area (Å²) in [7, 11) is 1.91. The van der Waals surface area contributed by atoms with Crippen molar-refractivity contribution in [1.82, 2.24) is 14.9 Å². The average Bonchev–Trinajstić information content (AvgIpc) is 2.47. The zero-order chi connectivity index (χ0) is 9.42. The minimum absolute atomic E-state index is 0.478. The molecule has 1 aromatic heterocycles. The van der Waals surface area contributed by atoms with E-state index in [2.05, 4.69) is 10.3 Å². The quantitative estimate of drug-likeness (QED) is 0.614. The molecule has 2 heterocycles. The molecule has 13 heavy (non-hydrogen) atoms. The van der Waals surface area contributed by atoms with E-state index in [1.807, 2.05) is 11.6 Å². The number of hydrogen-bond donors (Lipinski definition) is 2. The second-order valence-corrected chi connectivity index (χ2v) is 3.22. The molecule has 5 heteroatoms. The summed E-state index contributed by atoms with van der Waals surface area (Å²) >= 11 is 0. The van der Waals surface area contributed by atoms with Crippen molar-refractivity contribution in [3.63, 3.8) is 0 Å². The standard InChI is InChI=1S/C8H11N3O2/c1-11-4-10-5-2-6(8(12)13)9-3-7(5)11/h4,6,9H,2-3H2,1H3,(H,12,13). The van der Waals surface area contributed by atoms with Crippen LogP contribution in [0.15, 0.2) is 6.33 Å². The topological polar surface area (TPSA) is 67.2 Å². The molecule has 0 fully saturated rings. The summed E-state index contributed by atoms with van der Waals surface area (Å²) in [5.41, 5.74) is 1.98. The fourth-order valence-corrected chi connectivity index (χ4v) is 1.56. The van der Waals surface area contributed by atoms with E-state index in [9.17, 15) is 4.79 Å². The first-order valence-electron chi connectivity index (χ1n) is 4.13. The van der Waals surface area contributed by atoms with E-state index in [4.69, 9.17) is 5.11 Å². The number of carboxylic acid groups (broad SMARTS) is 1. The Bertz CT molecular complexity index is 345. The molecule has 1 aliphatic heterocycles. The Hall–Kier alpha value is -1.36. The second-order valence-electron chi connectivity index (χ2n) is 3.22. The zero-order valence-corrected chi connectivity index (χ0v) is 7.32. The molecule has 0 radical (unpaired) electrons. The highest BCUT2D eigenvalue weighted by Crippen LogP contribution is 2.14. The molecule has 2 rings (SSSR count). The van der Waals surface area contributed by atoms with Crippen LogP contribution in [0.2, 0.25) is 0 Å². The van der Waals surface area contributed by atoms with Crippen LogP contribution in [0, 0.1) is 0 Å². The van der Waals surface area contributed by atoms with Crippen molar-refractivity contribution in [3.05, 3.63) is 17.7 Å². The first kappa shape index (κ1) is 8.25. The molecule has 70 valence electrons.